The maximum atomic E-state index is 3.92. The number of hydrogen-bond acceptors (Lipinski definition) is 3. The molecule has 0 spiro atoms. The normalized spacial score (nSPS) is 26.2. The van der Waals surface area contributed by atoms with Crippen molar-refractivity contribution in [1.82, 2.24) is 10.2 Å². The topological polar surface area (TPSA) is 15.3 Å². The third kappa shape index (κ3) is 2.92. The summed E-state index contributed by atoms with van der Waals surface area (Å²) in [4.78, 5) is 4.08. The average molecular weight is 376 g/mol. The summed E-state index contributed by atoms with van der Waals surface area (Å²) >= 11 is 4.46. The zero-order valence-electron chi connectivity index (χ0n) is 10.9. The molecule has 0 saturated carbocycles. The summed E-state index contributed by atoms with van der Waals surface area (Å²) in [6.07, 6.45) is 6.60. The van der Waals surface area contributed by atoms with Crippen LogP contribution in [-0.4, -0.2) is 31.1 Å². The first-order valence-electron chi connectivity index (χ1n) is 6.95. The lowest BCUT2D eigenvalue weighted by molar-refractivity contribution is 0.220. The second-order valence-electron chi connectivity index (χ2n) is 5.62. The summed E-state index contributed by atoms with van der Waals surface area (Å²) in [7, 11) is 2.23. The molecule has 1 saturated heterocycles. The molecule has 100 valence electrons. The van der Waals surface area contributed by atoms with Crippen molar-refractivity contribution in [3.8, 4) is 0 Å². The van der Waals surface area contributed by atoms with Crippen LogP contribution in [-0.2, 0) is 6.42 Å². The molecule has 1 aliphatic heterocycles. The summed E-state index contributed by atoms with van der Waals surface area (Å²) in [5, 5.41) is 3.92. The Morgan fingerprint density at radius 2 is 2.11 bits per heavy atom. The second kappa shape index (κ2) is 5.77. The fourth-order valence-corrected chi connectivity index (χ4v) is 5.27. The van der Waals surface area contributed by atoms with E-state index in [9.17, 15) is 0 Å². The smallest absolute Gasteiger partial charge is 0.0659 e. The molecule has 1 aromatic rings. The summed E-state index contributed by atoms with van der Waals surface area (Å²) in [5.74, 6) is 0. The number of nitrogens with one attached hydrogen (secondary N) is 1. The van der Waals surface area contributed by atoms with E-state index in [0.29, 0.717) is 6.04 Å². The number of halogens is 1. The van der Waals surface area contributed by atoms with Crippen molar-refractivity contribution in [2.24, 2.45) is 0 Å². The molecule has 1 N–H and O–H groups in total. The van der Waals surface area contributed by atoms with Crippen molar-refractivity contribution >= 4 is 33.9 Å². The van der Waals surface area contributed by atoms with Crippen molar-refractivity contribution in [2.45, 2.75) is 44.2 Å². The number of thiophene rings is 1. The van der Waals surface area contributed by atoms with Crippen LogP contribution in [0.2, 0.25) is 0 Å². The molecule has 4 heteroatoms. The summed E-state index contributed by atoms with van der Waals surface area (Å²) in [5.41, 5.74) is 1.61. The molecule has 1 fully saturated rings. The van der Waals surface area contributed by atoms with Gasteiger partial charge in [0.1, 0.15) is 0 Å². The summed E-state index contributed by atoms with van der Waals surface area (Å²) in [6, 6.07) is 3.77. The highest BCUT2D eigenvalue weighted by Gasteiger charge is 2.26. The van der Waals surface area contributed by atoms with Gasteiger partial charge in [-0.3, -0.25) is 0 Å². The average Bonchev–Trinajstić information content (AvgIpc) is 2.73. The Morgan fingerprint density at radius 1 is 1.33 bits per heavy atom. The first-order valence-corrected chi connectivity index (χ1v) is 8.84. The first kappa shape index (κ1) is 13.3. The van der Waals surface area contributed by atoms with Crippen molar-refractivity contribution < 1.29 is 0 Å². The van der Waals surface area contributed by atoms with E-state index in [0.717, 1.165) is 6.04 Å². The minimum absolute atomic E-state index is 0.627. The number of hydrogen-bond donors (Lipinski definition) is 1. The third-order valence-electron chi connectivity index (χ3n) is 4.24. The van der Waals surface area contributed by atoms with Gasteiger partial charge in [0, 0.05) is 17.0 Å². The zero-order chi connectivity index (χ0) is 12.5. The van der Waals surface area contributed by atoms with Crippen LogP contribution in [0.4, 0.5) is 0 Å². The van der Waals surface area contributed by atoms with Gasteiger partial charge in [0.05, 0.1) is 2.88 Å². The van der Waals surface area contributed by atoms with Gasteiger partial charge >= 0.3 is 0 Å². The zero-order valence-corrected chi connectivity index (χ0v) is 13.9. The van der Waals surface area contributed by atoms with Crippen LogP contribution < -0.4 is 5.32 Å². The molecule has 2 aliphatic rings. The van der Waals surface area contributed by atoms with E-state index in [1.807, 2.05) is 11.3 Å². The van der Waals surface area contributed by atoms with E-state index in [-0.39, 0.29) is 0 Å². The number of piperidine rings is 1. The molecule has 18 heavy (non-hydrogen) atoms. The van der Waals surface area contributed by atoms with Crippen molar-refractivity contribution in [3.05, 3.63) is 19.4 Å². The van der Waals surface area contributed by atoms with Gasteiger partial charge in [-0.15, -0.1) is 11.3 Å². The van der Waals surface area contributed by atoms with E-state index >= 15 is 0 Å². The van der Waals surface area contributed by atoms with E-state index in [1.54, 1.807) is 10.4 Å². The lowest BCUT2D eigenvalue weighted by Gasteiger charge is -2.34. The van der Waals surface area contributed by atoms with Crippen LogP contribution >= 0.6 is 33.9 Å². The van der Waals surface area contributed by atoms with Crippen molar-refractivity contribution in [3.63, 3.8) is 0 Å². The predicted molar refractivity (Wildman–Crippen MR) is 86.4 cm³/mol. The van der Waals surface area contributed by atoms with Gasteiger partial charge in [0.2, 0.25) is 0 Å². The van der Waals surface area contributed by atoms with Crippen LogP contribution in [0.15, 0.2) is 6.07 Å². The van der Waals surface area contributed by atoms with E-state index in [4.69, 9.17) is 0 Å². The third-order valence-corrected chi connectivity index (χ3v) is 6.21. The van der Waals surface area contributed by atoms with E-state index in [2.05, 4.69) is 45.9 Å². The molecule has 0 aromatic carbocycles. The Balaban J connectivity index is 1.67. The van der Waals surface area contributed by atoms with E-state index in [1.165, 1.54) is 48.1 Å². The first-order chi connectivity index (χ1) is 8.72. The van der Waals surface area contributed by atoms with Gasteiger partial charge in [-0.05, 0) is 86.5 Å². The van der Waals surface area contributed by atoms with Gasteiger partial charge in [-0.2, -0.15) is 0 Å². The molecular formula is C14H21IN2S. The lowest BCUT2D eigenvalue weighted by atomic mass is 9.92. The lowest BCUT2D eigenvalue weighted by Crippen LogP contribution is -2.42. The molecule has 1 aliphatic carbocycles. The molecule has 1 aromatic heterocycles. The van der Waals surface area contributed by atoms with Crippen LogP contribution in [0.3, 0.4) is 0 Å². The SMILES string of the molecule is CN1CCC(NC2CCCc3sc(I)cc32)CC1. The van der Waals surface area contributed by atoms with Crippen LogP contribution in [0.5, 0.6) is 0 Å². The molecule has 1 atom stereocenters. The van der Waals surface area contributed by atoms with Gasteiger partial charge in [0.25, 0.3) is 0 Å². The highest BCUT2D eigenvalue weighted by atomic mass is 127. The molecule has 0 radical (unpaired) electrons. The van der Waals surface area contributed by atoms with Crippen molar-refractivity contribution in [2.75, 3.05) is 20.1 Å². The molecule has 3 rings (SSSR count). The molecule has 2 nitrogen and oxygen atoms in total. The largest absolute Gasteiger partial charge is 0.307 e. The number of nitrogens with zero attached hydrogens (tertiary/aromatic N) is 1. The Labute approximate surface area is 127 Å². The summed E-state index contributed by atoms with van der Waals surface area (Å²) in [6.45, 7) is 2.50. The van der Waals surface area contributed by atoms with Crippen LogP contribution in [0.1, 0.15) is 42.2 Å². The minimum Gasteiger partial charge on any atom is -0.307 e. The second-order valence-corrected chi connectivity index (χ2v) is 8.65. The number of likely N-dealkylation sites (tertiary alicyclic amines) is 1. The summed E-state index contributed by atoms with van der Waals surface area (Å²) < 4.78 is 1.45. The number of rotatable bonds is 2. The maximum absolute atomic E-state index is 3.92. The minimum atomic E-state index is 0.627. The van der Waals surface area contributed by atoms with Crippen LogP contribution in [0.25, 0.3) is 0 Å². The maximum Gasteiger partial charge on any atom is 0.0659 e. The molecule has 1 unspecified atom stereocenters. The van der Waals surface area contributed by atoms with Gasteiger partial charge in [0.15, 0.2) is 0 Å². The van der Waals surface area contributed by atoms with Crippen LogP contribution in [0, 0.1) is 2.88 Å². The fourth-order valence-electron chi connectivity index (χ4n) is 3.15. The molecule has 0 bridgehead atoms. The van der Waals surface area contributed by atoms with Gasteiger partial charge in [-0.25, -0.2) is 0 Å². The molecule has 0 amide bonds. The van der Waals surface area contributed by atoms with Gasteiger partial charge < -0.3 is 10.2 Å². The number of fused-ring (bicyclic) bond motifs is 1. The fraction of sp³-hybridized carbons (Fsp3) is 0.714. The Bertz CT molecular complexity index is 410. The number of aryl methyl sites for hydroxylation is 1. The van der Waals surface area contributed by atoms with Crippen molar-refractivity contribution in [1.29, 1.82) is 0 Å². The van der Waals surface area contributed by atoms with E-state index < -0.39 is 0 Å². The highest BCUT2D eigenvalue weighted by Crippen LogP contribution is 2.36. The Kier molecular flexibility index (Phi) is 4.28. The quantitative estimate of drug-likeness (QED) is 0.796. The monoisotopic (exact) mass is 376 g/mol. The highest BCUT2D eigenvalue weighted by molar-refractivity contribution is 14.1. The van der Waals surface area contributed by atoms with Gasteiger partial charge in [-0.1, -0.05) is 0 Å². The Hall–Kier alpha value is 0.350. The Morgan fingerprint density at radius 3 is 2.89 bits per heavy atom. The molecule has 2 heterocycles. The standard InChI is InChI=1S/C14H21IN2S/c1-17-7-5-10(6-8-17)16-12-3-2-4-13-11(12)9-14(15)18-13/h9-10,12,16H,2-8H2,1H3. The molecular weight excluding hydrogens is 355 g/mol. The predicted octanol–water partition coefficient (Wildman–Crippen LogP) is 3.41.